The van der Waals surface area contributed by atoms with Gasteiger partial charge < -0.3 is 9.80 Å². The molecule has 2 fully saturated rings. The maximum absolute atomic E-state index is 14.7. The monoisotopic (exact) mass is 618 g/mol. The zero-order valence-electron chi connectivity index (χ0n) is 27.3. The van der Waals surface area contributed by atoms with Crippen molar-refractivity contribution in [3.63, 3.8) is 0 Å². The van der Waals surface area contributed by atoms with Crippen LogP contribution < -0.4 is 9.80 Å². The largest absolute Gasteiger partial charge is 0.311 e. The molecule has 0 saturated heterocycles. The molecule has 0 spiro atoms. The van der Waals surface area contributed by atoms with Gasteiger partial charge in [-0.2, -0.15) is 0 Å². The topological polar surface area (TPSA) is 92.2 Å². The van der Waals surface area contributed by atoms with Crippen molar-refractivity contribution in [2.24, 2.45) is 5.92 Å². The van der Waals surface area contributed by atoms with E-state index in [1.54, 1.807) is 25.4 Å². The number of aryl methyl sites for hydroxylation is 2. The number of halogens is 1. The van der Waals surface area contributed by atoms with E-state index in [4.69, 9.17) is 0 Å². The normalized spacial score (nSPS) is 19.1. The number of benzene rings is 2. The molecule has 2 saturated carbocycles. The van der Waals surface area contributed by atoms with Crippen LogP contribution in [0.25, 0.3) is 22.3 Å². The van der Waals surface area contributed by atoms with Crippen LogP contribution in [0.15, 0.2) is 55.1 Å². The third-order valence-corrected chi connectivity index (χ3v) is 9.77. The molecule has 0 bridgehead atoms. The van der Waals surface area contributed by atoms with Crippen molar-refractivity contribution in [1.82, 2.24) is 19.9 Å². The van der Waals surface area contributed by atoms with Crippen LogP contribution in [-0.4, -0.2) is 44.3 Å². The van der Waals surface area contributed by atoms with Crippen molar-refractivity contribution < 1.29 is 14.0 Å². The Kier molecular flexibility index (Phi) is 7.06. The van der Waals surface area contributed by atoms with E-state index >= 15 is 0 Å². The van der Waals surface area contributed by atoms with Gasteiger partial charge >= 0.3 is 0 Å². The van der Waals surface area contributed by atoms with Crippen LogP contribution in [0.2, 0.25) is 0 Å². The van der Waals surface area contributed by atoms with Crippen molar-refractivity contribution in [3.8, 4) is 22.3 Å². The molecule has 236 valence electrons. The highest BCUT2D eigenvalue weighted by Gasteiger charge is 2.49. The molecule has 0 atom stereocenters. The first-order valence-corrected chi connectivity index (χ1v) is 16.1. The lowest BCUT2D eigenvalue weighted by Crippen LogP contribution is -2.37. The molecule has 9 heteroatoms. The smallest absolute Gasteiger partial charge is 0.237 e. The van der Waals surface area contributed by atoms with Gasteiger partial charge in [-0.25, -0.2) is 24.3 Å². The highest BCUT2D eigenvalue weighted by Crippen LogP contribution is 2.49. The summed E-state index contributed by atoms with van der Waals surface area (Å²) in [5.74, 6) is 2.03. The van der Waals surface area contributed by atoms with Gasteiger partial charge in [0.25, 0.3) is 0 Å². The Hall–Kier alpha value is -4.53. The second-order valence-corrected chi connectivity index (χ2v) is 14.1. The van der Waals surface area contributed by atoms with Crippen LogP contribution in [0.5, 0.6) is 0 Å². The number of amides is 2. The van der Waals surface area contributed by atoms with Gasteiger partial charge in [0.15, 0.2) is 0 Å². The van der Waals surface area contributed by atoms with E-state index in [0.29, 0.717) is 22.9 Å². The number of anilines is 2. The third-order valence-electron chi connectivity index (χ3n) is 9.77. The van der Waals surface area contributed by atoms with Crippen molar-refractivity contribution >= 4 is 23.2 Å². The van der Waals surface area contributed by atoms with Crippen molar-refractivity contribution in [1.29, 1.82) is 0 Å². The lowest BCUT2D eigenvalue weighted by Gasteiger charge is -2.20. The molecular weight excluding hydrogens is 579 g/mol. The van der Waals surface area contributed by atoms with Crippen molar-refractivity contribution in [3.05, 3.63) is 83.7 Å². The zero-order valence-corrected chi connectivity index (χ0v) is 27.3. The van der Waals surface area contributed by atoms with Gasteiger partial charge in [0.05, 0.1) is 10.8 Å². The van der Waals surface area contributed by atoms with E-state index in [9.17, 15) is 14.0 Å². The van der Waals surface area contributed by atoms with Gasteiger partial charge in [-0.15, -0.1) is 0 Å². The standard InChI is InChI=1S/C19H21N3O.C18H18FN3O/c1-12-20-9-15(10-21-12)14-6-7-16-17(8-14)22(11-13-4-5-13)18(23)19(16,2)3;1-10-20-8-11(9-21-10)13-6-16-14(7-15(13)19)18(2,3)17(23)22(16)12-4-5-12/h6-10,13H,4-5,11H2,1-3H3;6-9,12H,4-5H2,1-3H3. The second kappa shape index (κ2) is 10.8. The lowest BCUT2D eigenvalue weighted by molar-refractivity contribution is -0.122. The van der Waals surface area contributed by atoms with Gasteiger partial charge in [-0.3, -0.25) is 9.59 Å². The molecule has 8 nitrogen and oxygen atoms in total. The lowest BCUT2D eigenvalue weighted by atomic mass is 9.85. The Morgan fingerprint density at radius 2 is 1.30 bits per heavy atom. The van der Waals surface area contributed by atoms with Crippen LogP contribution in [0, 0.1) is 25.6 Å². The fraction of sp³-hybridized carbons (Fsp3) is 0.405. The SMILES string of the molecule is Cc1ncc(-c2cc3c(cc2F)C(C)(C)C(=O)N3C2CC2)cn1.Cc1ncc(-c2ccc3c(c2)N(CC2CC2)C(=O)C3(C)C)cn1. The molecule has 4 aromatic rings. The van der Waals surface area contributed by atoms with Crippen LogP contribution in [-0.2, 0) is 20.4 Å². The van der Waals surface area contributed by atoms with Crippen LogP contribution in [0.1, 0.15) is 76.2 Å². The minimum atomic E-state index is -0.679. The van der Waals surface area contributed by atoms with E-state index in [0.717, 1.165) is 58.8 Å². The molecular formula is C37H39FN6O2. The molecule has 2 aromatic carbocycles. The molecule has 0 radical (unpaired) electrons. The highest BCUT2D eigenvalue weighted by atomic mass is 19.1. The molecule has 2 aliphatic carbocycles. The third kappa shape index (κ3) is 5.15. The van der Waals surface area contributed by atoms with Gasteiger partial charge in [-0.05, 0) is 108 Å². The second-order valence-electron chi connectivity index (χ2n) is 14.1. The average molecular weight is 619 g/mol. The molecule has 2 aliphatic heterocycles. The molecule has 2 amide bonds. The number of fused-ring (bicyclic) bond motifs is 2. The van der Waals surface area contributed by atoms with E-state index in [1.165, 1.54) is 18.9 Å². The molecule has 46 heavy (non-hydrogen) atoms. The molecule has 0 unspecified atom stereocenters. The first-order chi connectivity index (χ1) is 21.9. The summed E-state index contributed by atoms with van der Waals surface area (Å²) < 4.78 is 14.7. The average Bonchev–Trinajstić information content (AvgIpc) is 3.97. The number of nitrogens with zero attached hydrogens (tertiary/aromatic N) is 6. The summed E-state index contributed by atoms with van der Waals surface area (Å²) in [6, 6.07) is 9.83. The molecule has 0 N–H and O–H groups in total. The van der Waals surface area contributed by atoms with Gasteiger partial charge in [0.2, 0.25) is 11.8 Å². The fourth-order valence-corrected chi connectivity index (χ4v) is 6.54. The number of carbonyl (C=O) groups is 2. The molecule has 4 heterocycles. The number of aromatic nitrogens is 4. The Labute approximate surface area is 269 Å². The maximum atomic E-state index is 14.7. The predicted octanol–water partition coefficient (Wildman–Crippen LogP) is 6.86. The summed E-state index contributed by atoms with van der Waals surface area (Å²) >= 11 is 0. The van der Waals surface area contributed by atoms with Crippen molar-refractivity contribution in [2.45, 2.75) is 84.1 Å². The van der Waals surface area contributed by atoms with Gasteiger partial charge in [0, 0.05) is 65.4 Å². The predicted molar refractivity (Wildman–Crippen MR) is 176 cm³/mol. The highest BCUT2D eigenvalue weighted by molar-refractivity contribution is 6.09. The van der Waals surface area contributed by atoms with E-state index in [-0.39, 0.29) is 23.7 Å². The number of rotatable bonds is 5. The Bertz CT molecular complexity index is 1860. The van der Waals surface area contributed by atoms with E-state index in [1.807, 2.05) is 56.8 Å². The van der Waals surface area contributed by atoms with Crippen molar-refractivity contribution in [2.75, 3.05) is 16.3 Å². The summed E-state index contributed by atoms with van der Waals surface area (Å²) in [5, 5.41) is 0. The first kappa shape index (κ1) is 30.1. The quantitative estimate of drug-likeness (QED) is 0.243. The summed E-state index contributed by atoms with van der Waals surface area (Å²) in [6.45, 7) is 12.3. The fourth-order valence-electron chi connectivity index (χ4n) is 6.54. The van der Waals surface area contributed by atoms with E-state index < -0.39 is 10.8 Å². The minimum Gasteiger partial charge on any atom is -0.311 e. The summed E-state index contributed by atoms with van der Waals surface area (Å²) in [4.78, 5) is 46.3. The molecule has 4 aliphatic rings. The number of hydrogen-bond donors (Lipinski definition) is 0. The molecule has 8 rings (SSSR count). The molecule has 2 aromatic heterocycles. The summed E-state index contributed by atoms with van der Waals surface area (Å²) in [6.07, 6.45) is 11.4. The maximum Gasteiger partial charge on any atom is 0.237 e. The van der Waals surface area contributed by atoms with Crippen LogP contribution in [0.3, 0.4) is 0 Å². The zero-order chi connectivity index (χ0) is 32.5. The first-order valence-electron chi connectivity index (χ1n) is 16.1. The van der Waals surface area contributed by atoms with Gasteiger partial charge in [0.1, 0.15) is 17.5 Å². The van der Waals surface area contributed by atoms with E-state index in [2.05, 4.69) is 38.1 Å². The summed E-state index contributed by atoms with van der Waals surface area (Å²) in [7, 11) is 0. The number of hydrogen-bond acceptors (Lipinski definition) is 6. The van der Waals surface area contributed by atoms with Crippen LogP contribution in [0.4, 0.5) is 15.8 Å². The Morgan fingerprint density at radius 1 is 0.717 bits per heavy atom. The Morgan fingerprint density at radius 3 is 1.89 bits per heavy atom. The Balaban J connectivity index is 0.000000147. The minimum absolute atomic E-state index is 0.0618. The van der Waals surface area contributed by atoms with Crippen LogP contribution >= 0.6 is 0 Å². The number of carbonyl (C=O) groups excluding carboxylic acids is 2. The summed E-state index contributed by atoms with van der Waals surface area (Å²) in [5.41, 5.74) is 5.79. The van der Waals surface area contributed by atoms with Gasteiger partial charge in [-0.1, -0.05) is 12.1 Å².